The number of ketones is 1. The molecule has 1 aromatic rings. The van der Waals surface area contributed by atoms with Crippen LogP contribution in [0.15, 0.2) is 17.3 Å². The minimum Gasteiger partial charge on any atom is -0.496 e. The van der Waals surface area contributed by atoms with Crippen molar-refractivity contribution < 1.29 is 43.0 Å². The molecule has 2 N–H and O–H groups in total. The fourth-order valence-corrected chi connectivity index (χ4v) is 6.49. The number of carbonyl (C=O) groups is 5. The molecule has 2 saturated heterocycles. The maximum absolute atomic E-state index is 14.5. The Hall–Kier alpha value is -4.07. The van der Waals surface area contributed by atoms with Crippen LogP contribution < -0.4 is 20.1 Å². The number of likely N-dealkylation sites (tertiary alicyclic amines) is 2. The zero-order valence-electron chi connectivity index (χ0n) is 30.4. The molecule has 1 aromatic carbocycles. The fraction of sp³-hybridized carbons (Fsp3) is 0.657. The second-order valence-corrected chi connectivity index (χ2v) is 15.6. The molecule has 0 saturated carbocycles. The summed E-state index contributed by atoms with van der Waals surface area (Å²) in [7, 11) is 2.99. The standard InChI is InChI=1S/C35H50ClN5O9/c1-10-12-22(27(42)30(44)40-13-11-14-40)37-29(43)24-18-35(17-23(39-50-35)20-15-21(36)26(48-9)16-25(20)47-8)19-41(24)31(45)28(33(2,3)4)38-32(46)49-34(5,6)7/h15-16,22,24,28H,10-14,17-19H2,1-9H3,(H,37,43)(H,38,46)/t22-,24-,28+,35+/m0/s1. The van der Waals surface area contributed by atoms with Gasteiger partial charge in [0, 0.05) is 37.6 Å². The number of benzene rings is 1. The van der Waals surface area contributed by atoms with Gasteiger partial charge in [-0.2, -0.15) is 0 Å². The van der Waals surface area contributed by atoms with Crippen molar-refractivity contribution >= 4 is 46.9 Å². The van der Waals surface area contributed by atoms with Crippen LogP contribution in [0.25, 0.3) is 0 Å². The molecule has 0 aromatic heterocycles. The maximum Gasteiger partial charge on any atom is 0.408 e. The molecular weight excluding hydrogens is 670 g/mol. The van der Waals surface area contributed by atoms with Gasteiger partial charge in [0.1, 0.15) is 29.2 Å². The SMILES string of the molecule is CCC[C@H](NC(=O)[C@@H]1C[C@]2(CC(c3cc(Cl)c(OC)cc3OC)=NO2)CN1C(=O)[C@@H](NC(=O)OC(C)(C)C)C(C)(C)C)C(=O)C(=O)N1CCC1. The van der Waals surface area contributed by atoms with E-state index in [0.29, 0.717) is 47.3 Å². The van der Waals surface area contributed by atoms with Crippen molar-refractivity contribution in [2.45, 2.75) is 110 Å². The van der Waals surface area contributed by atoms with E-state index < -0.39 is 64.3 Å². The summed E-state index contributed by atoms with van der Waals surface area (Å²) in [5, 5.41) is 10.2. The van der Waals surface area contributed by atoms with E-state index in [2.05, 4.69) is 15.8 Å². The number of carbonyl (C=O) groups excluding carboxylic acids is 5. The first-order chi connectivity index (χ1) is 23.3. The first-order valence-corrected chi connectivity index (χ1v) is 17.3. The molecule has 0 aliphatic carbocycles. The Balaban J connectivity index is 1.67. The highest BCUT2D eigenvalue weighted by Gasteiger charge is 2.56. The van der Waals surface area contributed by atoms with E-state index in [1.165, 1.54) is 24.0 Å². The van der Waals surface area contributed by atoms with E-state index >= 15 is 0 Å². The van der Waals surface area contributed by atoms with Crippen LogP contribution in [0.5, 0.6) is 11.5 Å². The lowest BCUT2D eigenvalue weighted by Crippen LogP contribution is -2.59. The van der Waals surface area contributed by atoms with Gasteiger partial charge in [0.2, 0.25) is 17.6 Å². The van der Waals surface area contributed by atoms with E-state index in [-0.39, 0.29) is 25.8 Å². The lowest BCUT2D eigenvalue weighted by Gasteiger charge is -2.36. The van der Waals surface area contributed by atoms with Crippen LogP contribution in [0, 0.1) is 5.41 Å². The van der Waals surface area contributed by atoms with E-state index in [0.717, 1.165) is 6.42 Å². The summed E-state index contributed by atoms with van der Waals surface area (Å²) < 4.78 is 16.4. The number of nitrogens with zero attached hydrogens (tertiary/aromatic N) is 3. The molecule has 0 unspecified atom stereocenters. The molecule has 4 rings (SSSR count). The third kappa shape index (κ3) is 8.62. The minimum atomic E-state index is -1.14. The Kier molecular flexibility index (Phi) is 11.6. The highest BCUT2D eigenvalue weighted by atomic mass is 35.5. The van der Waals surface area contributed by atoms with E-state index in [4.69, 9.17) is 30.6 Å². The summed E-state index contributed by atoms with van der Waals surface area (Å²) in [6, 6.07) is -0.0245. The van der Waals surface area contributed by atoms with Gasteiger partial charge in [-0.25, -0.2) is 4.79 Å². The third-order valence-electron chi connectivity index (χ3n) is 8.95. The second-order valence-electron chi connectivity index (χ2n) is 15.2. The van der Waals surface area contributed by atoms with Crippen LogP contribution >= 0.6 is 11.6 Å². The molecule has 3 aliphatic rings. The van der Waals surface area contributed by atoms with E-state index in [9.17, 15) is 24.0 Å². The summed E-state index contributed by atoms with van der Waals surface area (Å²) in [6.45, 7) is 13.3. The Morgan fingerprint density at radius 2 is 1.70 bits per heavy atom. The monoisotopic (exact) mass is 719 g/mol. The van der Waals surface area contributed by atoms with Gasteiger partial charge >= 0.3 is 6.09 Å². The van der Waals surface area contributed by atoms with Crippen molar-refractivity contribution in [3.05, 3.63) is 22.7 Å². The molecule has 0 radical (unpaired) electrons. The molecule has 14 nitrogen and oxygen atoms in total. The largest absolute Gasteiger partial charge is 0.496 e. The van der Waals surface area contributed by atoms with Gasteiger partial charge in [0.25, 0.3) is 5.91 Å². The Bertz CT molecular complexity index is 1530. The highest BCUT2D eigenvalue weighted by molar-refractivity contribution is 6.38. The van der Waals surface area contributed by atoms with Crippen LogP contribution in [0.2, 0.25) is 5.02 Å². The highest BCUT2D eigenvalue weighted by Crippen LogP contribution is 2.42. The smallest absolute Gasteiger partial charge is 0.408 e. The van der Waals surface area contributed by atoms with Crippen molar-refractivity contribution in [3.63, 3.8) is 0 Å². The number of nitrogens with one attached hydrogen (secondary N) is 2. The van der Waals surface area contributed by atoms with Crippen LogP contribution in [-0.4, -0.2) is 108 Å². The van der Waals surface area contributed by atoms with Gasteiger partial charge < -0.3 is 39.5 Å². The molecule has 15 heteroatoms. The summed E-state index contributed by atoms with van der Waals surface area (Å²) in [6.07, 6.45) is 0.993. The van der Waals surface area contributed by atoms with Crippen LogP contribution in [0.3, 0.4) is 0 Å². The third-order valence-corrected chi connectivity index (χ3v) is 9.24. The van der Waals surface area contributed by atoms with Crippen molar-refractivity contribution in [1.82, 2.24) is 20.4 Å². The summed E-state index contributed by atoms with van der Waals surface area (Å²) in [4.78, 5) is 76.6. The molecule has 0 bridgehead atoms. The van der Waals surface area contributed by atoms with Gasteiger partial charge in [-0.15, -0.1) is 0 Å². The predicted octanol–water partition coefficient (Wildman–Crippen LogP) is 3.85. The van der Waals surface area contributed by atoms with Crippen molar-refractivity contribution in [2.75, 3.05) is 33.9 Å². The Morgan fingerprint density at radius 1 is 1.04 bits per heavy atom. The topological polar surface area (TPSA) is 165 Å². The van der Waals surface area contributed by atoms with Gasteiger partial charge in [-0.3, -0.25) is 19.2 Å². The van der Waals surface area contributed by atoms with E-state index in [1.807, 2.05) is 6.92 Å². The minimum absolute atomic E-state index is 0.0141. The Morgan fingerprint density at radius 3 is 2.24 bits per heavy atom. The molecule has 1 spiro atoms. The van der Waals surface area contributed by atoms with Gasteiger partial charge in [0.15, 0.2) is 5.60 Å². The molecule has 50 heavy (non-hydrogen) atoms. The van der Waals surface area contributed by atoms with Crippen molar-refractivity contribution in [1.29, 1.82) is 0 Å². The average molecular weight is 720 g/mol. The summed E-state index contributed by atoms with van der Waals surface area (Å²) in [5.74, 6) is -1.65. The quantitative estimate of drug-likeness (QED) is 0.323. The number of methoxy groups -OCH3 is 2. The molecule has 3 aliphatic heterocycles. The van der Waals surface area contributed by atoms with Crippen LogP contribution in [-0.2, 0) is 28.8 Å². The van der Waals surface area contributed by atoms with Crippen LogP contribution in [0.4, 0.5) is 4.79 Å². The fourth-order valence-electron chi connectivity index (χ4n) is 6.25. The molecule has 2 fully saturated rings. The van der Waals surface area contributed by atoms with Crippen molar-refractivity contribution in [2.24, 2.45) is 10.6 Å². The lowest BCUT2D eigenvalue weighted by atomic mass is 9.85. The normalized spacial score (nSPS) is 21.4. The molecule has 3 heterocycles. The summed E-state index contributed by atoms with van der Waals surface area (Å²) in [5.41, 5.74) is -1.73. The Labute approximate surface area is 298 Å². The van der Waals surface area contributed by atoms with Gasteiger partial charge in [-0.05, 0) is 45.1 Å². The number of alkyl carbamates (subject to hydrolysis) is 1. The molecule has 4 amide bonds. The number of Topliss-reactive ketones (excluding diaryl/α,β-unsaturated/α-hetero) is 1. The first-order valence-electron chi connectivity index (χ1n) is 16.9. The lowest BCUT2D eigenvalue weighted by molar-refractivity contribution is -0.149. The van der Waals surface area contributed by atoms with Gasteiger partial charge in [0.05, 0.1) is 37.5 Å². The molecule has 276 valence electrons. The summed E-state index contributed by atoms with van der Waals surface area (Å²) >= 11 is 6.45. The van der Waals surface area contributed by atoms with Crippen LogP contribution in [0.1, 0.15) is 86.1 Å². The molecular formula is C35H50ClN5O9. The van der Waals surface area contributed by atoms with E-state index in [1.54, 1.807) is 53.7 Å². The number of hydrogen-bond acceptors (Lipinski definition) is 10. The number of rotatable bonds is 11. The molecule has 4 atom stereocenters. The second kappa shape index (κ2) is 15.0. The predicted molar refractivity (Wildman–Crippen MR) is 185 cm³/mol. The maximum atomic E-state index is 14.5. The zero-order valence-corrected chi connectivity index (χ0v) is 31.2. The van der Waals surface area contributed by atoms with Crippen molar-refractivity contribution in [3.8, 4) is 11.5 Å². The average Bonchev–Trinajstić information content (AvgIpc) is 3.59. The number of amides is 4. The zero-order chi connectivity index (χ0) is 37.2. The number of hydrogen-bond donors (Lipinski definition) is 2. The number of ether oxygens (including phenoxy) is 3. The van der Waals surface area contributed by atoms with Gasteiger partial charge in [-0.1, -0.05) is 50.9 Å². The first kappa shape index (κ1) is 38.7. The number of oxime groups is 1. The number of halogens is 1.